The van der Waals surface area contributed by atoms with Crippen LogP contribution in [-0.4, -0.2) is 80.9 Å². The largest absolute Gasteiger partial charge is 0.473 e. The van der Waals surface area contributed by atoms with Gasteiger partial charge >= 0.3 is 6.09 Å². The summed E-state index contributed by atoms with van der Waals surface area (Å²) in [6, 6.07) is 13.9. The minimum Gasteiger partial charge on any atom is -0.473 e. The van der Waals surface area contributed by atoms with E-state index in [4.69, 9.17) is 23.6 Å². The van der Waals surface area contributed by atoms with Crippen LogP contribution in [0.25, 0.3) is 11.7 Å². The fourth-order valence-electron chi connectivity index (χ4n) is 6.05. The number of nitrogens with zero attached hydrogens (tertiary/aromatic N) is 6. The van der Waals surface area contributed by atoms with Crippen molar-refractivity contribution in [2.75, 3.05) is 20.1 Å². The van der Waals surface area contributed by atoms with E-state index in [1.807, 2.05) is 45.9 Å². The molecule has 0 bridgehead atoms. The van der Waals surface area contributed by atoms with E-state index < -0.39 is 23.2 Å². The number of amides is 1. The summed E-state index contributed by atoms with van der Waals surface area (Å²) in [4.78, 5) is 30.8. The number of ether oxygens (including phenoxy) is 3. The third kappa shape index (κ3) is 7.56. The number of benzene rings is 1. The van der Waals surface area contributed by atoms with Gasteiger partial charge in [0.25, 0.3) is 5.89 Å². The van der Waals surface area contributed by atoms with Gasteiger partial charge in [-0.1, -0.05) is 30.3 Å². The zero-order valence-corrected chi connectivity index (χ0v) is 27.3. The fourth-order valence-corrected chi connectivity index (χ4v) is 6.05. The lowest BCUT2D eigenvalue weighted by Crippen LogP contribution is -2.40. The van der Waals surface area contributed by atoms with Gasteiger partial charge < -0.3 is 23.5 Å². The van der Waals surface area contributed by atoms with E-state index >= 15 is 0 Å². The smallest absolute Gasteiger partial charge is 0.410 e. The molecule has 1 aromatic carbocycles. The van der Waals surface area contributed by atoms with Crippen LogP contribution in [0.5, 0.6) is 11.8 Å². The molecule has 0 spiro atoms. The van der Waals surface area contributed by atoms with Crippen molar-refractivity contribution in [3.8, 4) is 29.5 Å². The summed E-state index contributed by atoms with van der Waals surface area (Å²) in [6.07, 6.45) is 3.49. The van der Waals surface area contributed by atoms with Crippen molar-refractivity contribution in [1.29, 1.82) is 5.26 Å². The van der Waals surface area contributed by atoms with Crippen molar-refractivity contribution in [3.05, 3.63) is 53.9 Å². The van der Waals surface area contributed by atoms with E-state index in [0.717, 1.165) is 24.9 Å². The van der Waals surface area contributed by atoms with Crippen LogP contribution >= 0.6 is 0 Å². The van der Waals surface area contributed by atoms with Gasteiger partial charge in [0.15, 0.2) is 0 Å². The quantitative estimate of drug-likeness (QED) is 0.283. The third-order valence-corrected chi connectivity index (χ3v) is 8.53. The van der Waals surface area contributed by atoms with Crippen LogP contribution in [0.1, 0.15) is 78.5 Å². The Hall–Kier alpha value is -4.17. The summed E-state index contributed by atoms with van der Waals surface area (Å²) >= 11 is 0. The number of likely N-dealkylation sites (N-methyl/N-ethyl adjacent to an activating group) is 1. The van der Waals surface area contributed by atoms with Crippen molar-refractivity contribution >= 4 is 6.09 Å². The van der Waals surface area contributed by atoms with Gasteiger partial charge in [-0.2, -0.15) is 15.2 Å². The molecule has 2 aromatic heterocycles. The summed E-state index contributed by atoms with van der Waals surface area (Å²) in [6.45, 7) is 12.9. The molecule has 0 N–H and O–H groups in total. The van der Waals surface area contributed by atoms with Gasteiger partial charge in [0, 0.05) is 17.9 Å². The normalized spacial score (nSPS) is 21.4. The van der Waals surface area contributed by atoms with Crippen molar-refractivity contribution in [3.63, 3.8) is 0 Å². The van der Waals surface area contributed by atoms with Crippen LogP contribution in [0, 0.1) is 11.3 Å². The first kappa shape index (κ1) is 32.2. The molecular weight excluding hydrogens is 572 g/mol. The van der Waals surface area contributed by atoms with Crippen molar-refractivity contribution in [1.82, 2.24) is 24.8 Å². The average Bonchev–Trinajstić information content (AvgIpc) is 3.73. The van der Waals surface area contributed by atoms with Gasteiger partial charge in [0.1, 0.15) is 23.6 Å². The molecule has 4 atom stereocenters. The Bertz CT molecular complexity index is 1510. The molecule has 11 nitrogen and oxygen atoms in total. The molecule has 4 heterocycles. The lowest BCUT2D eigenvalue weighted by Gasteiger charge is -2.27. The van der Waals surface area contributed by atoms with Gasteiger partial charge in [0.05, 0.1) is 37.3 Å². The monoisotopic (exact) mass is 616 g/mol. The Balaban J connectivity index is 1.43. The minimum atomic E-state index is -0.658. The molecule has 0 saturated carbocycles. The number of oxazole rings is 1. The predicted octanol–water partition coefficient (Wildman–Crippen LogP) is 5.99. The SMILES string of the molecule is C[C@H](Oc1cc(O[C@@H]2C[C@@H](CC#N)N(C(=O)OC(C)(C)C)C2)nc(-c2ncc(C(C)(C)c3ccccc3)o2)n1)[C@@H]1CCCN1C. The summed E-state index contributed by atoms with van der Waals surface area (Å²) in [5.41, 5.74) is -0.00617. The van der Waals surface area contributed by atoms with Crippen LogP contribution in [0.15, 0.2) is 47.0 Å². The number of hydrogen-bond acceptors (Lipinski definition) is 10. The van der Waals surface area contributed by atoms with Crippen LogP contribution in [0.3, 0.4) is 0 Å². The molecule has 2 aliphatic heterocycles. The van der Waals surface area contributed by atoms with E-state index in [-0.39, 0.29) is 48.7 Å². The maximum atomic E-state index is 13.0. The van der Waals surface area contributed by atoms with E-state index in [1.165, 1.54) is 0 Å². The second kappa shape index (κ2) is 13.1. The Morgan fingerprint density at radius 2 is 1.89 bits per heavy atom. The van der Waals surface area contributed by atoms with E-state index in [0.29, 0.717) is 18.1 Å². The van der Waals surface area contributed by atoms with Crippen LogP contribution in [0.2, 0.25) is 0 Å². The van der Waals surface area contributed by atoms with Crippen molar-refractivity contribution in [2.24, 2.45) is 0 Å². The zero-order valence-electron chi connectivity index (χ0n) is 27.3. The minimum absolute atomic E-state index is 0.126. The number of likely N-dealkylation sites (tertiary alicyclic amines) is 2. The van der Waals surface area contributed by atoms with E-state index in [1.54, 1.807) is 17.2 Å². The van der Waals surface area contributed by atoms with Gasteiger partial charge in [-0.3, -0.25) is 4.90 Å². The molecule has 0 unspecified atom stereocenters. The van der Waals surface area contributed by atoms with Gasteiger partial charge in [0.2, 0.25) is 17.6 Å². The number of carbonyl (C=O) groups excluding carboxylic acids is 1. The van der Waals surface area contributed by atoms with Crippen LogP contribution in [-0.2, 0) is 10.2 Å². The van der Waals surface area contributed by atoms with Crippen LogP contribution in [0.4, 0.5) is 4.79 Å². The average molecular weight is 617 g/mol. The highest BCUT2D eigenvalue weighted by molar-refractivity contribution is 5.69. The second-order valence-electron chi connectivity index (χ2n) is 13.5. The third-order valence-electron chi connectivity index (χ3n) is 8.53. The molecule has 11 heteroatoms. The number of rotatable bonds is 9. The first-order chi connectivity index (χ1) is 21.3. The van der Waals surface area contributed by atoms with E-state index in [9.17, 15) is 10.1 Å². The number of nitriles is 1. The number of aromatic nitrogens is 3. The first-order valence-electron chi connectivity index (χ1n) is 15.7. The molecule has 240 valence electrons. The zero-order chi connectivity index (χ0) is 32.4. The molecule has 2 saturated heterocycles. The molecule has 5 rings (SSSR count). The topological polar surface area (TPSA) is 127 Å². The van der Waals surface area contributed by atoms with Gasteiger partial charge in [-0.25, -0.2) is 9.78 Å². The Morgan fingerprint density at radius 3 is 2.56 bits per heavy atom. The van der Waals surface area contributed by atoms with Crippen molar-refractivity contribution < 1.29 is 23.4 Å². The van der Waals surface area contributed by atoms with E-state index in [2.05, 4.69) is 54.0 Å². The number of hydrogen-bond donors (Lipinski definition) is 0. The van der Waals surface area contributed by atoms with Gasteiger partial charge in [-0.05, 0) is 73.5 Å². The molecule has 3 aromatic rings. The summed E-state index contributed by atoms with van der Waals surface area (Å²) < 4.78 is 24.6. The molecule has 0 aliphatic carbocycles. The van der Waals surface area contributed by atoms with Crippen LogP contribution < -0.4 is 9.47 Å². The molecule has 2 fully saturated rings. The Labute approximate surface area is 265 Å². The second-order valence-corrected chi connectivity index (χ2v) is 13.5. The Kier molecular flexibility index (Phi) is 9.35. The molecule has 2 aliphatic rings. The summed E-state index contributed by atoms with van der Waals surface area (Å²) in [5, 5.41) is 9.43. The fraction of sp³-hybridized carbons (Fsp3) is 0.559. The summed E-state index contributed by atoms with van der Waals surface area (Å²) in [7, 11) is 2.11. The maximum absolute atomic E-state index is 13.0. The highest BCUT2D eigenvalue weighted by atomic mass is 16.6. The predicted molar refractivity (Wildman–Crippen MR) is 168 cm³/mol. The lowest BCUT2D eigenvalue weighted by molar-refractivity contribution is 0.0214. The van der Waals surface area contributed by atoms with Crippen molar-refractivity contribution in [2.45, 2.75) is 103 Å². The first-order valence-corrected chi connectivity index (χ1v) is 15.7. The number of carbonyl (C=O) groups is 1. The molecule has 1 amide bonds. The summed E-state index contributed by atoms with van der Waals surface area (Å²) in [5.74, 6) is 1.78. The lowest BCUT2D eigenvalue weighted by atomic mass is 9.83. The molecule has 0 radical (unpaired) electrons. The Morgan fingerprint density at radius 1 is 1.16 bits per heavy atom. The highest BCUT2D eigenvalue weighted by Crippen LogP contribution is 2.35. The van der Waals surface area contributed by atoms with Gasteiger partial charge in [-0.15, -0.1) is 0 Å². The molecular formula is C34H44N6O5. The molecule has 45 heavy (non-hydrogen) atoms. The standard InChI is InChI=1S/C34H44N6O5/c1-22(26-14-11-17-39(26)7)42-28-19-29(43-25-18-24(15-16-35)40(21-25)32(41)45-33(2,3)4)38-30(37-28)31-36-20-27(44-31)34(5,6)23-12-9-8-10-13-23/h8-10,12-13,19-20,22,24-26H,11,14-15,17-18,21H2,1-7H3/t22-,24+,25+,26-/m0/s1. The highest BCUT2D eigenvalue weighted by Gasteiger charge is 2.39. The maximum Gasteiger partial charge on any atom is 0.410 e.